The molecule has 0 aliphatic carbocycles. The van der Waals surface area contributed by atoms with Gasteiger partial charge in [0.15, 0.2) is 5.71 Å². The SMILES string of the molecule is CS(=O)(=O)ON=C(c1ccc(OCCCOc2ccc(C(=O)C(F)(F)F)cc2)cc1)C(F)(F)F. The molecular formula is C20H17F6NO6S. The van der Waals surface area contributed by atoms with Crippen LogP contribution in [0, 0.1) is 0 Å². The number of nitrogens with zero attached hydrogens (tertiary/aromatic N) is 1. The molecule has 0 radical (unpaired) electrons. The molecule has 0 heterocycles. The molecule has 0 unspecified atom stereocenters. The second-order valence-electron chi connectivity index (χ2n) is 6.64. The van der Waals surface area contributed by atoms with Crippen molar-refractivity contribution in [3.8, 4) is 11.5 Å². The first-order valence-corrected chi connectivity index (χ1v) is 11.1. The van der Waals surface area contributed by atoms with Gasteiger partial charge in [-0.15, -0.1) is 0 Å². The molecular weight excluding hydrogens is 496 g/mol. The number of ketones is 1. The summed E-state index contributed by atoms with van der Waals surface area (Å²) in [6.07, 6.45) is -9.07. The quantitative estimate of drug-likeness (QED) is 0.153. The molecule has 0 bridgehead atoms. The van der Waals surface area contributed by atoms with Gasteiger partial charge in [-0.3, -0.25) is 9.08 Å². The molecule has 0 aliphatic heterocycles. The van der Waals surface area contributed by atoms with Crippen molar-refractivity contribution in [3.63, 3.8) is 0 Å². The van der Waals surface area contributed by atoms with Crippen LogP contribution in [0.5, 0.6) is 11.5 Å². The molecule has 7 nitrogen and oxygen atoms in total. The maximum atomic E-state index is 13.1. The fraction of sp³-hybridized carbons (Fsp3) is 0.300. The van der Waals surface area contributed by atoms with Crippen molar-refractivity contribution < 1.29 is 53.3 Å². The lowest BCUT2D eigenvalue weighted by molar-refractivity contribution is -0.0885. The highest BCUT2D eigenvalue weighted by molar-refractivity contribution is 7.85. The van der Waals surface area contributed by atoms with Crippen molar-refractivity contribution in [2.24, 2.45) is 5.16 Å². The van der Waals surface area contributed by atoms with Crippen molar-refractivity contribution >= 4 is 21.6 Å². The van der Waals surface area contributed by atoms with Crippen molar-refractivity contribution in [2.45, 2.75) is 18.8 Å². The highest BCUT2D eigenvalue weighted by atomic mass is 32.2. The van der Waals surface area contributed by atoms with Gasteiger partial charge in [-0.25, -0.2) is 0 Å². The molecule has 0 amide bonds. The van der Waals surface area contributed by atoms with E-state index in [1.165, 1.54) is 24.3 Å². The van der Waals surface area contributed by atoms with E-state index in [0.29, 0.717) is 12.7 Å². The second-order valence-corrected chi connectivity index (χ2v) is 8.20. The smallest absolute Gasteiger partial charge is 0.454 e. The summed E-state index contributed by atoms with van der Waals surface area (Å²) in [5.41, 5.74) is -2.51. The van der Waals surface area contributed by atoms with Gasteiger partial charge in [-0.2, -0.15) is 34.8 Å². The van der Waals surface area contributed by atoms with Gasteiger partial charge < -0.3 is 9.47 Å². The molecule has 0 saturated carbocycles. The highest BCUT2D eigenvalue weighted by Gasteiger charge is 2.39. The lowest BCUT2D eigenvalue weighted by atomic mass is 10.1. The van der Waals surface area contributed by atoms with Crippen molar-refractivity contribution in [1.82, 2.24) is 0 Å². The van der Waals surface area contributed by atoms with Gasteiger partial charge in [0.2, 0.25) is 0 Å². The molecule has 0 fully saturated rings. The van der Waals surface area contributed by atoms with Gasteiger partial charge in [0.1, 0.15) is 11.5 Å². The van der Waals surface area contributed by atoms with Crippen LogP contribution in [0.15, 0.2) is 53.7 Å². The second kappa shape index (κ2) is 10.8. The minimum absolute atomic E-state index is 0.0986. The van der Waals surface area contributed by atoms with E-state index in [1.807, 2.05) is 0 Å². The van der Waals surface area contributed by atoms with E-state index in [1.54, 1.807) is 0 Å². The largest absolute Gasteiger partial charge is 0.493 e. The van der Waals surface area contributed by atoms with Crippen LogP contribution < -0.4 is 9.47 Å². The molecule has 2 aromatic rings. The van der Waals surface area contributed by atoms with Crippen molar-refractivity contribution in [1.29, 1.82) is 0 Å². The van der Waals surface area contributed by atoms with Gasteiger partial charge >= 0.3 is 22.5 Å². The summed E-state index contributed by atoms with van der Waals surface area (Å²) >= 11 is 0. The number of carbonyl (C=O) groups excluding carboxylic acids is 1. The maximum Gasteiger partial charge on any atom is 0.454 e. The van der Waals surface area contributed by atoms with Crippen LogP contribution >= 0.6 is 0 Å². The molecule has 0 N–H and O–H groups in total. The maximum absolute atomic E-state index is 13.1. The fourth-order valence-electron chi connectivity index (χ4n) is 2.39. The van der Waals surface area contributed by atoms with Gasteiger partial charge in [0, 0.05) is 17.5 Å². The van der Waals surface area contributed by atoms with E-state index in [2.05, 4.69) is 9.44 Å². The Kier molecular flexibility index (Phi) is 8.53. The standard InChI is InChI=1S/C20H17F6NO6S/c1-34(29,30)33-27-17(19(21,22)23)13-3-7-15(8-4-13)31-11-2-12-32-16-9-5-14(6-10-16)18(28)20(24,25)26/h3-10H,2,11-12H2,1H3. The lowest BCUT2D eigenvalue weighted by Crippen LogP contribution is -2.24. The number of halogens is 6. The number of oxime groups is 1. The van der Waals surface area contributed by atoms with E-state index in [-0.39, 0.29) is 24.7 Å². The third-order valence-electron chi connectivity index (χ3n) is 3.86. The van der Waals surface area contributed by atoms with Gasteiger partial charge in [-0.05, 0) is 48.5 Å². The van der Waals surface area contributed by atoms with Crippen molar-refractivity contribution in [2.75, 3.05) is 19.5 Å². The molecule has 0 aromatic heterocycles. The predicted octanol–water partition coefficient (Wildman–Crippen LogP) is 4.52. The number of hydrogen-bond acceptors (Lipinski definition) is 7. The fourth-order valence-corrected chi connectivity index (χ4v) is 2.60. The van der Waals surface area contributed by atoms with Crippen molar-refractivity contribution in [3.05, 3.63) is 59.7 Å². The minimum atomic E-state index is -4.97. The normalized spacial score (nSPS) is 12.9. The third kappa shape index (κ3) is 8.57. The van der Waals surface area contributed by atoms with E-state index in [0.717, 1.165) is 24.3 Å². The van der Waals surface area contributed by atoms with E-state index in [9.17, 15) is 39.6 Å². The van der Waals surface area contributed by atoms with Crippen LogP contribution in [-0.2, 0) is 14.4 Å². The molecule has 0 saturated heterocycles. The average molecular weight is 513 g/mol. The number of benzene rings is 2. The Hall–Kier alpha value is -3.29. The molecule has 2 rings (SSSR count). The first-order valence-electron chi connectivity index (χ1n) is 9.28. The zero-order valence-corrected chi connectivity index (χ0v) is 18.1. The summed E-state index contributed by atoms with van der Waals surface area (Å²) in [7, 11) is -4.23. The lowest BCUT2D eigenvalue weighted by Gasteiger charge is -2.11. The molecule has 0 spiro atoms. The van der Waals surface area contributed by atoms with Crippen LogP contribution in [0.2, 0.25) is 0 Å². The molecule has 2 aromatic carbocycles. The number of hydrogen-bond donors (Lipinski definition) is 0. The topological polar surface area (TPSA) is 91.3 Å². The number of alkyl halides is 6. The number of Topliss-reactive ketones (excluding diaryl/α,β-unsaturated/α-hetero) is 1. The zero-order valence-electron chi connectivity index (χ0n) is 17.3. The Morgan fingerprint density at radius 1 is 0.794 bits per heavy atom. The summed E-state index contributed by atoms with van der Waals surface area (Å²) in [5.74, 6) is -1.52. The first kappa shape index (κ1) is 27.0. The zero-order chi connectivity index (χ0) is 25.6. The number of carbonyl (C=O) groups is 1. The van der Waals surface area contributed by atoms with Crippen LogP contribution in [-0.4, -0.2) is 51.7 Å². The third-order valence-corrected chi connectivity index (χ3v) is 4.21. The van der Waals surface area contributed by atoms with Crippen LogP contribution in [0.4, 0.5) is 26.3 Å². The van der Waals surface area contributed by atoms with Gasteiger partial charge in [0.05, 0.1) is 19.5 Å². The van der Waals surface area contributed by atoms with Crippen LogP contribution in [0.1, 0.15) is 22.3 Å². The number of rotatable bonds is 10. The number of ether oxygens (including phenoxy) is 2. The summed E-state index contributed by atoms with van der Waals surface area (Å²) in [5, 5.41) is 2.68. The predicted molar refractivity (Wildman–Crippen MR) is 107 cm³/mol. The first-order chi connectivity index (χ1) is 15.7. The van der Waals surface area contributed by atoms with E-state index >= 15 is 0 Å². The molecule has 0 atom stereocenters. The molecule has 0 aliphatic rings. The Labute approximate surface area is 190 Å². The van der Waals surface area contributed by atoms with Crippen LogP contribution in [0.3, 0.4) is 0 Å². The Bertz CT molecular complexity index is 1110. The Morgan fingerprint density at radius 2 is 1.24 bits per heavy atom. The Balaban J connectivity index is 1.85. The van der Waals surface area contributed by atoms with Gasteiger partial charge in [0.25, 0.3) is 5.78 Å². The highest BCUT2D eigenvalue weighted by Crippen LogP contribution is 2.25. The molecule has 14 heteroatoms. The summed E-state index contributed by atoms with van der Waals surface area (Å²) in [6, 6.07) is 8.88. The average Bonchev–Trinajstić information content (AvgIpc) is 2.72. The van der Waals surface area contributed by atoms with Crippen LogP contribution in [0.25, 0.3) is 0 Å². The van der Waals surface area contributed by atoms with E-state index < -0.39 is 45.1 Å². The minimum Gasteiger partial charge on any atom is -0.493 e. The Morgan fingerprint density at radius 3 is 1.62 bits per heavy atom. The van der Waals surface area contributed by atoms with Gasteiger partial charge in [-0.1, -0.05) is 5.16 Å². The summed E-state index contributed by atoms with van der Waals surface area (Å²) < 4.78 is 113. The van der Waals surface area contributed by atoms with E-state index in [4.69, 9.17) is 9.47 Å². The monoisotopic (exact) mass is 513 g/mol. The summed E-state index contributed by atoms with van der Waals surface area (Å²) in [4.78, 5) is 11.1. The molecule has 34 heavy (non-hydrogen) atoms. The summed E-state index contributed by atoms with van der Waals surface area (Å²) in [6.45, 7) is 0.208. The molecule has 186 valence electrons.